The number of ether oxygens (including phenoxy) is 1. The number of rotatable bonds is 8. The van der Waals surface area contributed by atoms with Crippen LogP contribution in [0.1, 0.15) is 46.4 Å². The van der Waals surface area contributed by atoms with Gasteiger partial charge in [0.25, 0.3) is 5.91 Å². The number of alkyl carbamates (subject to hydrolysis) is 1. The molecule has 0 spiro atoms. The van der Waals surface area contributed by atoms with Crippen LogP contribution in [0.4, 0.5) is 4.79 Å². The Morgan fingerprint density at radius 2 is 1.71 bits per heavy atom. The molecule has 1 aromatic heterocycles. The van der Waals surface area contributed by atoms with E-state index in [0.29, 0.717) is 5.56 Å². The van der Waals surface area contributed by atoms with E-state index in [1.165, 1.54) is 10.9 Å². The van der Waals surface area contributed by atoms with Gasteiger partial charge in [-0.3, -0.25) is 14.3 Å². The molecule has 2 amide bonds. The Hall–Kier alpha value is -4.14. The summed E-state index contributed by atoms with van der Waals surface area (Å²) in [6.07, 6.45) is 0.688. The number of carboxylic acids is 1. The van der Waals surface area contributed by atoms with Crippen molar-refractivity contribution >= 4 is 18.0 Å². The van der Waals surface area contributed by atoms with E-state index in [1.807, 2.05) is 36.4 Å². The summed E-state index contributed by atoms with van der Waals surface area (Å²) in [6.45, 7) is 1.84. The zero-order valence-corrected chi connectivity index (χ0v) is 18.9. The van der Waals surface area contributed by atoms with Crippen molar-refractivity contribution in [2.75, 3.05) is 6.61 Å². The SMILES string of the molecule is C[C@H](CC(=O)O)NC(=O)c1c(CNC(=O)OCC2c3ccccc3-c3ccccc32)cnn1C. The Morgan fingerprint density at radius 1 is 1.09 bits per heavy atom. The fourth-order valence-corrected chi connectivity index (χ4v) is 4.33. The van der Waals surface area contributed by atoms with Crippen LogP contribution in [0.5, 0.6) is 0 Å². The highest BCUT2D eigenvalue weighted by molar-refractivity contribution is 5.94. The van der Waals surface area contributed by atoms with Crippen molar-refractivity contribution in [2.24, 2.45) is 7.05 Å². The third-order valence-electron chi connectivity index (χ3n) is 5.85. The lowest BCUT2D eigenvalue weighted by molar-refractivity contribution is -0.137. The molecule has 0 saturated heterocycles. The van der Waals surface area contributed by atoms with Crippen molar-refractivity contribution in [1.29, 1.82) is 0 Å². The molecule has 1 aliphatic carbocycles. The minimum Gasteiger partial charge on any atom is -0.481 e. The Bertz CT molecular complexity index is 1190. The smallest absolute Gasteiger partial charge is 0.407 e. The summed E-state index contributed by atoms with van der Waals surface area (Å²) in [7, 11) is 1.60. The van der Waals surface area contributed by atoms with Gasteiger partial charge in [-0.15, -0.1) is 0 Å². The molecule has 0 fully saturated rings. The van der Waals surface area contributed by atoms with Crippen LogP contribution in [-0.2, 0) is 23.1 Å². The highest BCUT2D eigenvalue weighted by Gasteiger charge is 2.29. The highest BCUT2D eigenvalue weighted by Crippen LogP contribution is 2.44. The molecule has 0 bridgehead atoms. The Balaban J connectivity index is 1.37. The topological polar surface area (TPSA) is 123 Å². The second-order valence-corrected chi connectivity index (χ2v) is 8.29. The van der Waals surface area contributed by atoms with E-state index in [1.54, 1.807) is 14.0 Å². The molecule has 0 radical (unpaired) electrons. The predicted molar refractivity (Wildman–Crippen MR) is 124 cm³/mol. The standard InChI is InChI=1S/C25H26N4O5/c1-15(11-22(30)31)28-24(32)23-16(13-27-29(23)2)12-26-25(33)34-14-21-19-9-5-3-7-17(19)18-8-4-6-10-20(18)21/h3-10,13,15,21H,11-12,14H2,1-2H3,(H,26,33)(H,28,32)(H,30,31)/t15-/m1/s1. The molecule has 3 aromatic rings. The minimum absolute atomic E-state index is 0.0422. The number of aromatic nitrogens is 2. The largest absolute Gasteiger partial charge is 0.481 e. The molecule has 0 aliphatic heterocycles. The molecule has 2 aromatic carbocycles. The average Bonchev–Trinajstić information content (AvgIpc) is 3.33. The van der Waals surface area contributed by atoms with Crippen molar-refractivity contribution < 1.29 is 24.2 Å². The molecule has 9 heteroatoms. The number of hydrogen-bond donors (Lipinski definition) is 3. The molecule has 1 aliphatic rings. The number of carbonyl (C=O) groups excluding carboxylic acids is 2. The molecule has 34 heavy (non-hydrogen) atoms. The van der Waals surface area contributed by atoms with Gasteiger partial charge in [0.1, 0.15) is 12.3 Å². The van der Waals surface area contributed by atoms with Gasteiger partial charge in [-0.2, -0.15) is 5.10 Å². The lowest BCUT2D eigenvalue weighted by Crippen LogP contribution is -2.36. The fraction of sp³-hybridized carbons (Fsp3) is 0.280. The van der Waals surface area contributed by atoms with Crippen molar-refractivity contribution in [3.63, 3.8) is 0 Å². The number of nitrogens with one attached hydrogen (secondary N) is 2. The normalized spacial score (nSPS) is 13.0. The Labute approximate surface area is 196 Å². The Morgan fingerprint density at radius 3 is 2.32 bits per heavy atom. The third kappa shape index (κ3) is 4.78. The van der Waals surface area contributed by atoms with Crippen LogP contribution in [0.15, 0.2) is 54.7 Å². The van der Waals surface area contributed by atoms with Gasteiger partial charge >= 0.3 is 12.1 Å². The lowest BCUT2D eigenvalue weighted by atomic mass is 9.98. The maximum Gasteiger partial charge on any atom is 0.407 e. The monoisotopic (exact) mass is 462 g/mol. The summed E-state index contributed by atoms with van der Waals surface area (Å²) < 4.78 is 6.92. The minimum atomic E-state index is -1.00. The van der Waals surface area contributed by atoms with Gasteiger partial charge in [-0.05, 0) is 29.2 Å². The summed E-state index contributed by atoms with van der Waals surface area (Å²) in [6, 6.07) is 15.6. The number of carboxylic acid groups (broad SMARTS) is 1. The first-order chi connectivity index (χ1) is 16.3. The van der Waals surface area contributed by atoms with Gasteiger partial charge in [0.05, 0.1) is 19.2 Å². The summed E-state index contributed by atoms with van der Waals surface area (Å²) in [5, 5.41) is 18.3. The quantitative estimate of drug-likeness (QED) is 0.473. The van der Waals surface area contributed by atoms with E-state index in [-0.39, 0.29) is 31.2 Å². The average molecular weight is 463 g/mol. The molecule has 9 nitrogen and oxygen atoms in total. The molecule has 3 N–H and O–H groups in total. The predicted octanol–water partition coefficient (Wildman–Crippen LogP) is 3.05. The second-order valence-electron chi connectivity index (χ2n) is 8.29. The second kappa shape index (κ2) is 9.78. The van der Waals surface area contributed by atoms with E-state index in [0.717, 1.165) is 22.3 Å². The number of carbonyl (C=O) groups is 3. The maximum absolute atomic E-state index is 12.6. The molecule has 1 atom stereocenters. The van der Waals surface area contributed by atoms with E-state index < -0.39 is 24.0 Å². The van der Waals surface area contributed by atoms with Crippen LogP contribution in [0.25, 0.3) is 11.1 Å². The first-order valence-corrected chi connectivity index (χ1v) is 11.0. The van der Waals surface area contributed by atoms with Gasteiger partial charge in [0.2, 0.25) is 0 Å². The molecular weight excluding hydrogens is 436 g/mol. The number of benzene rings is 2. The van der Waals surface area contributed by atoms with Crippen LogP contribution < -0.4 is 10.6 Å². The highest BCUT2D eigenvalue weighted by atomic mass is 16.5. The van der Waals surface area contributed by atoms with Crippen LogP contribution in [0.3, 0.4) is 0 Å². The van der Waals surface area contributed by atoms with Crippen molar-refractivity contribution in [3.8, 4) is 11.1 Å². The first kappa shape index (κ1) is 23.0. The van der Waals surface area contributed by atoms with Crippen LogP contribution in [0, 0.1) is 0 Å². The summed E-state index contributed by atoms with van der Waals surface area (Å²) in [5.41, 5.74) is 5.29. The molecular formula is C25H26N4O5. The van der Waals surface area contributed by atoms with Crippen molar-refractivity contribution in [1.82, 2.24) is 20.4 Å². The summed E-state index contributed by atoms with van der Waals surface area (Å²) in [4.78, 5) is 35.9. The van der Waals surface area contributed by atoms with E-state index in [2.05, 4.69) is 27.9 Å². The molecule has 0 saturated carbocycles. The van der Waals surface area contributed by atoms with Gasteiger partial charge in [0, 0.05) is 24.6 Å². The zero-order chi connectivity index (χ0) is 24.2. The number of fused-ring (bicyclic) bond motifs is 3. The number of hydrogen-bond acceptors (Lipinski definition) is 5. The Kier molecular flexibility index (Phi) is 6.62. The summed E-state index contributed by atoms with van der Waals surface area (Å²) >= 11 is 0. The molecule has 1 heterocycles. The van der Waals surface area contributed by atoms with E-state index in [4.69, 9.17) is 9.84 Å². The van der Waals surface area contributed by atoms with Crippen LogP contribution in [-0.4, -0.2) is 45.5 Å². The van der Waals surface area contributed by atoms with Crippen LogP contribution >= 0.6 is 0 Å². The third-order valence-corrected chi connectivity index (χ3v) is 5.85. The molecule has 176 valence electrons. The first-order valence-electron chi connectivity index (χ1n) is 11.0. The van der Waals surface area contributed by atoms with Gasteiger partial charge < -0.3 is 20.5 Å². The van der Waals surface area contributed by atoms with E-state index in [9.17, 15) is 14.4 Å². The fourth-order valence-electron chi connectivity index (χ4n) is 4.33. The molecule has 0 unspecified atom stereocenters. The number of nitrogens with zero attached hydrogens (tertiary/aromatic N) is 2. The van der Waals surface area contributed by atoms with E-state index >= 15 is 0 Å². The van der Waals surface area contributed by atoms with Gasteiger partial charge in [-0.1, -0.05) is 48.5 Å². The van der Waals surface area contributed by atoms with Gasteiger partial charge in [-0.25, -0.2) is 4.79 Å². The lowest BCUT2D eigenvalue weighted by Gasteiger charge is -2.15. The van der Waals surface area contributed by atoms with Crippen molar-refractivity contribution in [2.45, 2.75) is 31.8 Å². The summed E-state index contributed by atoms with van der Waals surface area (Å²) in [5.74, 6) is -1.51. The van der Waals surface area contributed by atoms with Crippen molar-refractivity contribution in [3.05, 3.63) is 77.1 Å². The maximum atomic E-state index is 12.6. The van der Waals surface area contributed by atoms with Crippen LogP contribution in [0.2, 0.25) is 0 Å². The number of amides is 2. The zero-order valence-electron chi connectivity index (χ0n) is 18.9. The molecule has 4 rings (SSSR count). The van der Waals surface area contributed by atoms with Gasteiger partial charge in [0.15, 0.2) is 0 Å². The number of aliphatic carboxylic acids is 1. The number of aryl methyl sites for hydroxylation is 1.